The van der Waals surface area contributed by atoms with Gasteiger partial charge in [-0.15, -0.1) is 10.2 Å². The van der Waals surface area contributed by atoms with Gasteiger partial charge in [-0.1, -0.05) is 47.4 Å². The summed E-state index contributed by atoms with van der Waals surface area (Å²) in [4.78, 5) is 1.98. The Hall–Kier alpha value is -1.11. The molecule has 106 valence electrons. The second-order valence-electron chi connectivity index (χ2n) is 5.16. The highest BCUT2D eigenvalue weighted by molar-refractivity contribution is 8.01. The van der Waals surface area contributed by atoms with E-state index in [1.165, 1.54) is 11.1 Å². The standard InChI is InChI=1S/C14H18N4S2/c1-18(2)13-16-17-14(20-13)19-11-8-7-9-5-3-4-6-10(9)12(11)15/h3-6,11-12H,7-8,15H2,1-2H3. The van der Waals surface area contributed by atoms with Crippen molar-refractivity contribution in [2.75, 3.05) is 19.0 Å². The highest BCUT2D eigenvalue weighted by Gasteiger charge is 2.28. The summed E-state index contributed by atoms with van der Waals surface area (Å²) >= 11 is 3.40. The van der Waals surface area contributed by atoms with Crippen LogP contribution in [0.2, 0.25) is 0 Å². The highest BCUT2D eigenvalue weighted by atomic mass is 32.2. The van der Waals surface area contributed by atoms with Crippen LogP contribution >= 0.6 is 23.1 Å². The number of anilines is 1. The van der Waals surface area contributed by atoms with Crippen LogP contribution < -0.4 is 10.6 Å². The van der Waals surface area contributed by atoms with Crippen molar-refractivity contribution in [3.05, 3.63) is 35.4 Å². The van der Waals surface area contributed by atoms with Crippen molar-refractivity contribution in [3.8, 4) is 0 Å². The molecule has 1 aliphatic carbocycles. The Labute approximate surface area is 127 Å². The number of thioether (sulfide) groups is 1. The first-order valence-electron chi connectivity index (χ1n) is 6.66. The first-order chi connectivity index (χ1) is 9.65. The molecule has 1 heterocycles. The topological polar surface area (TPSA) is 55.0 Å². The average Bonchev–Trinajstić information content (AvgIpc) is 2.91. The normalized spacial score (nSPS) is 21.6. The molecule has 0 aliphatic heterocycles. The van der Waals surface area contributed by atoms with Crippen LogP contribution in [-0.2, 0) is 6.42 Å². The molecule has 0 spiro atoms. The fourth-order valence-electron chi connectivity index (χ4n) is 2.46. The van der Waals surface area contributed by atoms with Gasteiger partial charge in [0.2, 0.25) is 5.13 Å². The summed E-state index contributed by atoms with van der Waals surface area (Å²) in [6.45, 7) is 0. The Bertz CT molecular complexity index is 596. The maximum Gasteiger partial charge on any atom is 0.208 e. The van der Waals surface area contributed by atoms with E-state index in [0.717, 1.165) is 22.3 Å². The lowest BCUT2D eigenvalue weighted by molar-refractivity contribution is 0.586. The third-order valence-electron chi connectivity index (χ3n) is 3.54. The minimum atomic E-state index is 0.0802. The number of aromatic nitrogens is 2. The lowest BCUT2D eigenvalue weighted by Crippen LogP contribution is -2.29. The van der Waals surface area contributed by atoms with Gasteiger partial charge in [0.1, 0.15) is 0 Å². The zero-order chi connectivity index (χ0) is 14.1. The lowest BCUT2D eigenvalue weighted by Gasteiger charge is -2.29. The molecular weight excluding hydrogens is 288 g/mol. The summed E-state index contributed by atoms with van der Waals surface area (Å²) in [7, 11) is 3.97. The van der Waals surface area contributed by atoms with E-state index in [0.29, 0.717) is 5.25 Å². The predicted octanol–water partition coefficient (Wildman–Crippen LogP) is 2.71. The van der Waals surface area contributed by atoms with Crippen LogP contribution in [-0.4, -0.2) is 29.5 Å². The number of benzene rings is 1. The summed E-state index contributed by atoms with van der Waals surface area (Å²) < 4.78 is 1.01. The lowest BCUT2D eigenvalue weighted by atomic mass is 9.88. The molecule has 2 aromatic rings. The predicted molar refractivity (Wildman–Crippen MR) is 85.6 cm³/mol. The van der Waals surface area contributed by atoms with E-state index in [1.54, 1.807) is 23.1 Å². The van der Waals surface area contributed by atoms with Gasteiger partial charge < -0.3 is 10.6 Å². The van der Waals surface area contributed by atoms with Crippen LogP contribution in [0.25, 0.3) is 0 Å². The second kappa shape index (κ2) is 5.71. The minimum Gasteiger partial charge on any atom is -0.353 e. The first-order valence-corrected chi connectivity index (χ1v) is 8.35. The molecule has 2 atom stereocenters. The summed E-state index contributed by atoms with van der Waals surface area (Å²) in [5, 5.41) is 9.76. The fraction of sp³-hybridized carbons (Fsp3) is 0.429. The fourth-order valence-corrected chi connectivity index (χ4v) is 4.62. The minimum absolute atomic E-state index is 0.0802. The van der Waals surface area contributed by atoms with Crippen LogP contribution in [0.3, 0.4) is 0 Å². The molecule has 0 amide bonds. The summed E-state index contributed by atoms with van der Waals surface area (Å²) in [5.41, 5.74) is 9.11. The van der Waals surface area contributed by atoms with Crippen LogP contribution in [0.1, 0.15) is 23.6 Å². The molecule has 0 saturated carbocycles. The van der Waals surface area contributed by atoms with Gasteiger partial charge in [-0.25, -0.2) is 0 Å². The number of fused-ring (bicyclic) bond motifs is 1. The zero-order valence-corrected chi connectivity index (χ0v) is 13.2. The quantitative estimate of drug-likeness (QED) is 0.945. The molecule has 2 unspecified atom stereocenters. The maximum absolute atomic E-state index is 6.43. The Morgan fingerprint density at radius 1 is 1.30 bits per heavy atom. The molecular formula is C14H18N4S2. The van der Waals surface area contributed by atoms with Crippen LogP contribution in [0.4, 0.5) is 5.13 Å². The second-order valence-corrected chi connectivity index (χ2v) is 7.61. The van der Waals surface area contributed by atoms with Crippen molar-refractivity contribution in [1.29, 1.82) is 0 Å². The van der Waals surface area contributed by atoms with Gasteiger partial charge in [-0.3, -0.25) is 0 Å². The molecule has 1 aliphatic rings. The van der Waals surface area contributed by atoms with E-state index in [9.17, 15) is 0 Å². The Morgan fingerprint density at radius 3 is 2.85 bits per heavy atom. The van der Waals surface area contributed by atoms with E-state index in [1.807, 2.05) is 19.0 Å². The molecule has 0 bridgehead atoms. The number of nitrogens with zero attached hydrogens (tertiary/aromatic N) is 3. The van der Waals surface area contributed by atoms with Crippen LogP contribution in [0.15, 0.2) is 28.6 Å². The van der Waals surface area contributed by atoms with E-state index >= 15 is 0 Å². The zero-order valence-electron chi connectivity index (χ0n) is 11.6. The third-order valence-corrected chi connectivity index (χ3v) is 6.08. The van der Waals surface area contributed by atoms with E-state index in [2.05, 4.69) is 34.5 Å². The largest absolute Gasteiger partial charge is 0.353 e. The monoisotopic (exact) mass is 306 g/mol. The van der Waals surface area contributed by atoms with Gasteiger partial charge in [0.05, 0.1) is 0 Å². The molecule has 20 heavy (non-hydrogen) atoms. The summed E-state index contributed by atoms with van der Waals surface area (Å²) in [6, 6.07) is 8.58. The molecule has 4 nitrogen and oxygen atoms in total. The first kappa shape index (κ1) is 13.9. The Kier molecular flexibility index (Phi) is 3.96. The smallest absolute Gasteiger partial charge is 0.208 e. The molecule has 6 heteroatoms. The number of nitrogens with two attached hydrogens (primary N) is 1. The van der Waals surface area contributed by atoms with E-state index < -0.39 is 0 Å². The van der Waals surface area contributed by atoms with Gasteiger partial charge in [0, 0.05) is 25.4 Å². The van der Waals surface area contributed by atoms with Crippen LogP contribution in [0, 0.1) is 0 Å². The number of hydrogen-bond donors (Lipinski definition) is 1. The molecule has 3 rings (SSSR count). The molecule has 1 aromatic carbocycles. The van der Waals surface area contributed by atoms with Crippen molar-refractivity contribution in [1.82, 2.24) is 10.2 Å². The van der Waals surface area contributed by atoms with Gasteiger partial charge in [-0.05, 0) is 24.0 Å². The molecule has 0 radical (unpaired) electrons. The van der Waals surface area contributed by atoms with Gasteiger partial charge in [-0.2, -0.15) is 0 Å². The SMILES string of the molecule is CN(C)c1nnc(SC2CCc3ccccc3C2N)s1. The molecule has 2 N–H and O–H groups in total. The maximum atomic E-state index is 6.43. The summed E-state index contributed by atoms with van der Waals surface area (Å²) in [5.74, 6) is 0. The van der Waals surface area contributed by atoms with Crippen molar-refractivity contribution < 1.29 is 0 Å². The van der Waals surface area contributed by atoms with E-state index in [-0.39, 0.29) is 6.04 Å². The van der Waals surface area contributed by atoms with Crippen LogP contribution in [0.5, 0.6) is 0 Å². The molecule has 1 aromatic heterocycles. The Morgan fingerprint density at radius 2 is 2.10 bits per heavy atom. The van der Waals surface area contributed by atoms with Crippen molar-refractivity contribution in [2.45, 2.75) is 28.5 Å². The molecule has 0 fully saturated rings. The summed E-state index contributed by atoms with van der Waals surface area (Å²) in [6.07, 6.45) is 2.20. The van der Waals surface area contributed by atoms with Gasteiger partial charge in [0.25, 0.3) is 0 Å². The van der Waals surface area contributed by atoms with Crippen molar-refractivity contribution in [2.24, 2.45) is 5.73 Å². The third kappa shape index (κ3) is 2.68. The average molecular weight is 306 g/mol. The number of aryl methyl sites for hydroxylation is 1. The van der Waals surface area contributed by atoms with Crippen molar-refractivity contribution >= 4 is 28.2 Å². The Balaban J connectivity index is 1.75. The highest BCUT2D eigenvalue weighted by Crippen LogP contribution is 2.40. The number of rotatable bonds is 3. The van der Waals surface area contributed by atoms with E-state index in [4.69, 9.17) is 5.73 Å². The van der Waals surface area contributed by atoms with Crippen molar-refractivity contribution in [3.63, 3.8) is 0 Å². The van der Waals surface area contributed by atoms with Gasteiger partial charge >= 0.3 is 0 Å². The molecule has 0 saturated heterocycles. The number of hydrogen-bond acceptors (Lipinski definition) is 6. The van der Waals surface area contributed by atoms with Gasteiger partial charge in [0.15, 0.2) is 4.34 Å².